The quantitative estimate of drug-likeness (QED) is 0.457. The maximum Gasteiger partial charge on any atom is 0.244 e. The van der Waals surface area contributed by atoms with Gasteiger partial charge in [-0.25, -0.2) is 4.99 Å². The zero-order valence-corrected chi connectivity index (χ0v) is 19.2. The predicted octanol–water partition coefficient (Wildman–Crippen LogP) is 2.59. The molecule has 1 atom stereocenters. The highest BCUT2D eigenvalue weighted by Gasteiger charge is 2.25. The lowest BCUT2D eigenvalue weighted by atomic mass is 10.1. The molecule has 1 unspecified atom stereocenters. The van der Waals surface area contributed by atoms with E-state index in [1.807, 2.05) is 50.4 Å². The van der Waals surface area contributed by atoms with Crippen LogP contribution in [0, 0.1) is 5.92 Å². The number of benzene rings is 1. The average molecular weight is 438 g/mol. The second-order valence-corrected chi connectivity index (χ2v) is 8.16. The zero-order chi connectivity index (χ0) is 22.6. The molecule has 3 rings (SSSR count). The van der Waals surface area contributed by atoms with E-state index < -0.39 is 0 Å². The molecule has 0 bridgehead atoms. The summed E-state index contributed by atoms with van der Waals surface area (Å²) in [5, 5.41) is 3.33. The smallest absolute Gasteiger partial charge is 0.244 e. The monoisotopic (exact) mass is 437 g/mol. The molecule has 0 aliphatic carbocycles. The van der Waals surface area contributed by atoms with Crippen LogP contribution < -0.4 is 5.32 Å². The van der Waals surface area contributed by atoms with Crippen molar-refractivity contribution in [3.8, 4) is 0 Å². The van der Waals surface area contributed by atoms with E-state index in [1.54, 1.807) is 11.1 Å². The van der Waals surface area contributed by atoms with Crippen LogP contribution in [0.15, 0.2) is 59.7 Å². The molecule has 0 saturated carbocycles. The third kappa shape index (κ3) is 7.64. The normalized spacial score (nSPS) is 16.2. The van der Waals surface area contributed by atoms with Gasteiger partial charge >= 0.3 is 0 Å². The Labute approximate surface area is 191 Å². The molecule has 7 nitrogen and oxygen atoms in total. The minimum Gasteiger partial charge on any atom is -0.376 e. The number of nitrogens with one attached hydrogen (secondary N) is 1. The number of carbonyl (C=O) groups is 1. The minimum atomic E-state index is 0.0123. The second kappa shape index (κ2) is 12.8. The SMILES string of the molecule is CCNC(=NCC(=O)N(C)CCc1ccccn1)N1CCC(COCc2ccccc2)C1. The summed E-state index contributed by atoms with van der Waals surface area (Å²) >= 11 is 0. The van der Waals surface area contributed by atoms with Crippen molar-refractivity contribution >= 4 is 11.9 Å². The number of nitrogens with zero attached hydrogens (tertiary/aromatic N) is 4. The molecule has 32 heavy (non-hydrogen) atoms. The van der Waals surface area contributed by atoms with Gasteiger partial charge in [0.15, 0.2) is 5.96 Å². The fourth-order valence-electron chi connectivity index (χ4n) is 3.72. The number of rotatable bonds is 10. The topological polar surface area (TPSA) is 70.1 Å². The minimum absolute atomic E-state index is 0.0123. The lowest BCUT2D eigenvalue weighted by Gasteiger charge is -2.22. The standard InChI is InChI=1S/C25H35N5O2/c1-3-26-25(28-17-24(31)29(2)15-13-23-11-7-8-14-27-23)30-16-12-22(18-30)20-32-19-21-9-5-4-6-10-21/h4-11,14,22H,3,12-13,15-20H2,1-2H3,(H,26,28). The number of pyridine rings is 1. The molecule has 1 aromatic heterocycles. The summed E-state index contributed by atoms with van der Waals surface area (Å²) in [5.41, 5.74) is 2.18. The van der Waals surface area contributed by atoms with E-state index >= 15 is 0 Å². The summed E-state index contributed by atoms with van der Waals surface area (Å²) in [7, 11) is 1.82. The van der Waals surface area contributed by atoms with Gasteiger partial charge in [0.05, 0.1) is 13.2 Å². The number of aromatic nitrogens is 1. The first-order valence-corrected chi connectivity index (χ1v) is 11.4. The number of hydrogen-bond donors (Lipinski definition) is 1. The molecule has 0 spiro atoms. The summed E-state index contributed by atoms with van der Waals surface area (Å²) in [5.74, 6) is 1.29. The third-order valence-corrected chi connectivity index (χ3v) is 5.60. The molecular formula is C25H35N5O2. The van der Waals surface area contributed by atoms with Crippen molar-refractivity contribution in [2.75, 3.05) is 46.4 Å². The third-order valence-electron chi connectivity index (χ3n) is 5.60. The average Bonchev–Trinajstić information content (AvgIpc) is 3.30. The summed E-state index contributed by atoms with van der Waals surface area (Å²) in [4.78, 5) is 25.5. The lowest BCUT2D eigenvalue weighted by molar-refractivity contribution is -0.128. The summed E-state index contributed by atoms with van der Waals surface area (Å²) < 4.78 is 5.93. The summed E-state index contributed by atoms with van der Waals surface area (Å²) in [6.45, 7) is 6.80. The molecule has 1 aliphatic rings. The Hall–Kier alpha value is -2.93. The molecule has 0 radical (unpaired) electrons. The Morgan fingerprint density at radius 1 is 1.25 bits per heavy atom. The Morgan fingerprint density at radius 2 is 2.06 bits per heavy atom. The molecule has 1 amide bonds. The van der Waals surface area contributed by atoms with Gasteiger partial charge in [0, 0.05) is 57.5 Å². The molecule has 2 aromatic rings. The van der Waals surface area contributed by atoms with Crippen molar-refractivity contribution in [2.24, 2.45) is 10.9 Å². The highest BCUT2D eigenvalue weighted by atomic mass is 16.5. The van der Waals surface area contributed by atoms with E-state index in [0.717, 1.165) is 50.7 Å². The summed E-state index contributed by atoms with van der Waals surface area (Å²) in [6.07, 6.45) is 3.58. The number of likely N-dealkylation sites (N-methyl/N-ethyl adjacent to an activating group) is 1. The maximum absolute atomic E-state index is 12.6. The number of ether oxygens (including phenoxy) is 1. The molecule has 7 heteroatoms. The summed E-state index contributed by atoms with van der Waals surface area (Å²) in [6, 6.07) is 16.1. The Morgan fingerprint density at radius 3 is 2.81 bits per heavy atom. The van der Waals surface area contributed by atoms with Crippen LogP contribution in [0.25, 0.3) is 0 Å². The number of hydrogen-bond acceptors (Lipinski definition) is 4. The number of guanidine groups is 1. The molecule has 1 fully saturated rings. The lowest BCUT2D eigenvalue weighted by Crippen LogP contribution is -2.41. The first-order chi connectivity index (χ1) is 15.7. The fourth-order valence-corrected chi connectivity index (χ4v) is 3.72. The number of aliphatic imine (C=N–C) groups is 1. The van der Waals surface area contributed by atoms with Crippen LogP contribution in [0.2, 0.25) is 0 Å². The van der Waals surface area contributed by atoms with Crippen LogP contribution in [0.3, 0.4) is 0 Å². The largest absolute Gasteiger partial charge is 0.376 e. The zero-order valence-electron chi connectivity index (χ0n) is 19.2. The fraction of sp³-hybridized carbons (Fsp3) is 0.480. The van der Waals surface area contributed by atoms with Gasteiger partial charge in [-0.05, 0) is 31.0 Å². The van der Waals surface area contributed by atoms with Crippen molar-refractivity contribution in [3.05, 3.63) is 66.0 Å². The van der Waals surface area contributed by atoms with Crippen molar-refractivity contribution in [1.82, 2.24) is 20.1 Å². The number of likely N-dealkylation sites (tertiary alicyclic amines) is 1. The molecule has 1 aromatic carbocycles. The van der Waals surface area contributed by atoms with Crippen LogP contribution in [0.1, 0.15) is 24.6 Å². The van der Waals surface area contributed by atoms with Crippen molar-refractivity contribution in [1.29, 1.82) is 0 Å². The molecule has 172 valence electrons. The first kappa shape index (κ1) is 23.7. The highest BCUT2D eigenvalue weighted by molar-refractivity contribution is 5.85. The maximum atomic E-state index is 12.6. The van der Waals surface area contributed by atoms with Crippen LogP contribution in [0.5, 0.6) is 0 Å². The molecule has 1 saturated heterocycles. The van der Waals surface area contributed by atoms with Crippen molar-refractivity contribution < 1.29 is 9.53 Å². The van der Waals surface area contributed by atoms with Crippen molar-refractivity contribution in [3.63, 3.8) is 0 Å². The Balaban J connectivity index is 1.43. The van der Waals surface area contributed by atoms with Crippen LogP contribution in [0.4, 0.5) is 0 Å². The Kier molecular flexibility index (Phi) is 9.50. The van der Waals surface area contributed by atoms with E-state index in [9.17, 15) is 4.79 Å². The number of carbonyl (C=O) groups excluding carboxylic acids is 1. The van der Waals surface area contributed by atoms with Gasteiger partial charge in [-0.3, -0.25) is 9.78 Å². The van der Waals surface area contributed by atoms with E-state index in [0.29, 0.717) is 19.1 Å². The molecular weight excluding hydrogens is 402 g/mol. The van der Waals surface area contributed by atoms with Crippen molar-refractivity contribution in [2.45, 2.75) is 26.4 Å². The van der Waals surface area contributed by atoms with Crippen LogP contribution >= 0.6 is 0 Å². The molecule has 1 aliphatic heterocycles. The van der Waals surface area contributed by atoms with Gasteiger partial charge < -0.3 is 19.9 Å². The molecule has 2 heterocycles. The van der Waals surface area contributed by atoms with Gasteiger partial charge in [-0.15, -0.1) is 0 Å². The van der Waals surface area contributed by atoms with Gasteiger partial charge in [0.1, 0.15) is 6.54 Å². The van der Waals surface area contributed by atoms with Gasteiger partial charge in [-0.1, -0.05) is 36.4 Å². The van der Waals surface area contributed by atoms with E-state index in [2.05, 4.69) is 32.3 Å². The van der Waals surface area contributed by atoms with Crippen LogP contribution in [-0.4, -0.2) is 73.0 Å². The van der Waals surface area contributed by atoms with Crippen LogP contribution in [-0.2, 0) is 22.6 Å². The van der Waals surface area contributed by atoms with E-state index in [-0.39, 0.29) is 12.5 Å². The van der Waals surface area contributed by atoms with E-state index in [4.69, 9.17) is 4.74 Å². The second-order valence-electron chi connectivity index (χ2n) is 8.16. The number of amides is 1. The van der Waals surface area contributed by atoms with Gasteiger partial charge in [0.2, 0.25) is 5.91 Å². The molecule has 1 N–H and O–H groups in total. The highest BCUT2D eigenvalue weighted by Crippen LogP contribution is 2.17. The Bertz CT molecular complexity index is 844. The first-order valence-electron chi connectivity index (χ1n) is 11.4. The van der Waals surface area contributed by atoms with Gasteiger partial charge in [-0.2, -0.15) is 0 Å². The van der Waals surface area contributed by atoms with Gasteiger partial charge in [0.25, 0.3) is 0 Å². The predicted molar refractivity (Wildman–Crippen MR) is 127 cm³/mol. The van der Waals surface area contributed by atoms with E-state index in [1.165, 1.54) is 5.56 Å².